The fourth-order valence-corrected chi connectivity index (χ4v) is 2.40. The molecule has 0 heterocycles. The summed E-state index contributed by atoms with van der Waals surface area (Å²) in [6.45, 7) is 9.11. The Morgan fingerprint density at radius 3 is 2.20 bits per heavy atom. The molecule has 1 aromatic rings. The maximum atomic E-state index is 10.5. The quantitative estimate of drug-likeness (QED) is 0.504. The van der Waals surface area contributed by atoms with Crippen molar-refractivity contribution in [3.63, 3.8) is 0 Å². The second-order valence-electron chi connectivity index (χ2n) is 6.06. The number of hydrogen-bond donors (Lipinski definition) is 3. The van der Waals surface area contributed by atoms with E-state index in [4.69, 9.17) is 4.55 Å². The summed E-state index contributed by atoms with van der Waals surface area (Å²) in [5.74, 6) is 1.21. The number of hydrogen-bond acceptors (Lipinski definition) is 4. The molecule has 0 saturated carbocycles. The molecule has 0 aliphatic carbocycles. The maximum absolute atomic E-state index is 10.5. The zero-order valence-electron chi connectivity index (χ0n) is 12.9. The minimum Gasteiger partial charge on any atom is -0.387 e. The van der Waals surface area contributed by atoms with Gasteiger partial charge in [0.05, 0.1) is 6.10 Å². The molecule has 3 N–H and O–H groups in total. The van der Waals surface area contributed by atoms with Gasteiger partial charge in [-0.25, -0.2) is 0 Å². The van der Waals surface area contributed by atoms with E-state index >= 15 is 0 Å². The van der Waals surface area contributed by atoms with Gasteiger partial charge in [-0.2, -0.15) is 0 Å². The first-order valence-corrected chi connectivity index (χ1v) is 8.12. The van der Waals surface area contributed by atoms with Gasteiger partial charge in [0, 0.05) is 11.3 Å². The Hall–Kier alpha value is -0.550. The van der Waals surface area contributed by atoms with Crippen molar-refractivity contribution in [2.24, 2.45) is 0 Å². The van der Waals surface area contributed by atoms with E-state index in [9.17, 15) is 5.11 Å². The molecule has 0 amide bonds. The SMILES string of the molecule is CC(C)c1ccc(C(O)C(C)(C)NCCCSO)cc1. The monoisotopic (exact) mass is 297 g/mol. The first-order valence-electron chi connectivity index (χ1n) is 7.18. The van der Waals surface area contributed by atoms with E-state index in [1.54, 1.807) is 0 Å². The van der Waals surface area contributed by atoms with E-state index < -0.39 is 6.10 Å². The largest absolute Gasteiger partial charge is 0.387 e. The maximum Gasteiger partial charge on any atom is 0.0966 e. The van der Waals surface area contributed by atoms with Crippen LogP contribution in [0.3, 0.4) is 0 Å². The molecule has 0 fully saturated rings. The molecule has 1 rings (SSSR count). The molecule has 4 heteroatoms. The van der Waals surface area contributed by atoms with Crippen molar-refractivity contribution in [2.45, 2.75) is 51.7 Å². The smallest absolute Gasteiger partial charge is 0.0966 e. The fraction of sp³-hybridized carbons (Fsp3) is 0.625. The summed E-state index contributed by atoms with van der Waals surface area (Å²) in [6.07, 6.45) is 0.328. The van der Waals surface area contributed by atoms with E-state index in [0.29, 0.717) is 11.7 Å². The summed E-state index contributed by atoms with van der Waals surface area (Å²) in [7, 11) is 0. The lowest BCUT2D eigenvalue weighted by Gasteiger charge is -2.32. The molecule has 0 bridgehead atoms. The third-order valence-corrected chi connectivity index (χ3v) is 4.07. The summed E-state index contributed by atoms with van der Waals surface area (Å²) in [6, 6.07) is 8.18. The predicted octanol–water partition coefficient (Wildman–Crippen LogP) is 3.81. The zero-order chi connectivity index (χ0) is 15.2. The highest BCUT2D eigenvalue weighted by Crippen LogP contribution is 2.26. The van der Waals surface area contributed by atoms with Crippen LogP contribution in [0.25, 0.3) is 0 Å². The molecule has 1 unspecified atom stereocenters. The molecule has 1 atom stereocenters. The first-order chi connectivity index (χ1) is 9.38. The summed E-state index contributed by atoms with van der Waals surface area (Å²) in [5, 5.41) is 13.9. The molecular formula is C16H27NO2S. The van der Waals surface area contributed by atoms with Crippen LogP contribution >= 0.6 is 12.0 Å². The highest BCUT2D eigenvalue weighted by atomic mass is 32.2. The zero-order valence-corrected chi connectivity index (χ0v) is 13.7. The second kappa shape index (κ2) is 8.03. The molecule has 3 nitrogen and oxygen atoms in total. The molecule has 20 heavy (non-hydrogen) atoms. The molecule has 0 radical (unpaired) electrons. The van der Waals surface area contributed by atoms with Gasteiger partial charge in [-0.15, -0.1) is 0 Å². The van der Waals surface area contributed by atoms with Crippen molar-refractivity contribution in [1.29, 1.82) is 0 Å². The molecule has 0 spiro atoms. The van der Waals surface area contributed by atoms with Gasteiger partial charge in [0.15, 0.2) is 0 Å². The highest BCUT2D eigenvalue weighted by Gasteiger charge is 2.28. The van der Waals surface area contributed by atoms with Gasteiger partial charge in [-0.05, 0) is 55.9 Å². The average molecular weight is 297 g/mol. The van der Waals surface area contributed by atoms with Crippen molar-refractivity contribution in [2.75, 3.05) is 12.3 Å². The lowest BCUT2D eigenvalue weighted by molar-refractivity contribution is 0.0806. The molecule has 1 aromatic carbocycles. The van der Waals surface area contributed by atoms with Gasteiger partial charge in [0.2, 0.25) is 0 Å². The fourth-order valence-electron chi connectivity index (χ4n) is 2.12. The van der Waals surface area contributed by atoms with Crippen molar-refractivity contribution < 1.29 is 9.66 Å². The van der Waals surface area contributed by atoms with E-state index in [1.165, 1.54) is 5.56 Å². The van der Waals surface area contributed by atoms with E-state index in [1.807, 2.05) is 26.0 Å². The molecule has 0 saturated heterocycles. The van der Waals surface area contributed by atoms with Crippen LogP contribution in [0, 0.1) is 0 Å². The average Bonchev–Trinajstić information content (AvgIpc) is 2.43. The van der Waals surface area contributed by atoms with Crippen molar-refractivity contribution in [3.05, 3.63) is 35.4 Å². The third kappa shape index (κ3) is 5.09. The minimum atomic E-state index is -0.550. The van der Waals surface area contributed by atoms with Crippen LogP contribution in [-0.4, -0.2) is 27.5 Å². The van der Waals surface area contributed by atoms with Crippen LogP contribution < -0.4 is 5.32 Å². The van der Waals surface area contributed by atoms with Crippen molar-refractivity contribution in [1.82, 2.24) is 5.32 Å². The molecule has 114 valence electrons. The Balaban J connectivity index is 2.64. The molecule has 0 aliphatic rings. The predicted molar refractivity (Wildman–Crippen MR) is 87.3 cm³/mol. The first kappa shape index (κ1) is 17.5. The van der Waals surface area contributed by atoms with Crippen molar-refractivity contribution in [3.8, 4) is 0 Å². The summed E-state index contributed by atoms with van der Waals surface area (Å²) in [5.41, 5.74) is 1.83. The summed E-state index contributed by atoms with van der Waals surface area (Å²) in [4.78, 5) is 0. The molecular weight excluding hydrogens is 270 g/mol. The number of benzene rings is 1. The summed E-state index contributed by atoms with van der Waals surface area (Å²) >= 11 is 0.859. The Bertz CT molecular complexity index is 390. The lowest BCUT2D eigenvalue weighted by atomic mass is 9.90. The van der Waals surface area contributed by atoms with Crippen LogP contribution in [0.15, 0.2) is 24.3 Å². The highest BCUT2D eigenvalue weighted by molar-refractivity contribution is 7.93. The topological polar surface area (TPSA) is 52.5 Å². The van der Waals surface area contributed by atoms with E-state index in [-0.39, 0.29) is 5.54 Å². The van der Waals surface area contributed by atoms with E-state index in [2.05, 4.69) is 31.3 Å². The third-order valence-electron chi connectivity index (χ3n) is 3.60. The van der Waals surface area contributed by atoms with Gasteiger partial charge in [0.25, 0.3) is 0 Å². The Morgan fingerprint density at radius 1 is 1.15 bits per heavy atom. The van der Waals surface area contributed by atoms with Crippen LogP contribution in [0.2, 0.25) is 0 Å². The van der Waals surface area contributed by atoms with Crippen LogP contribution in [-0.2, 0) is 0 Å². The molecule has 0 aliphatic heterocycles. The van der Waals surface area contributed by atoms with E-state index in [0.717, 1.165) is 30.6 Å². The normalized spacial score (nSPS) is 13.8. The van der Waals surface area contributed by atoms with Crippen LogP contribution in [0.5, 0.6) is 0 Å². The number of aliphatic hydroxyl groups is 1. The van der Waals surface area contributed by atoms with Gasteiger partial charge >= 0.3 is 0 Å². The Labute approximate surface area is 127 Å². The molecule has 0 aromatic heterocycles. The minimum absolute atomic E-state index is 0.389. The van der Waals surface area contributed by atoms with Crippen molar-refractivity contribution >= 4 is 12.0 Å². The van der Waals surface area contributed by atoms with Gasteiger partial charge in [0.1, 0.15) is 0 Å². The van der Waals surface area contributed by atoms with Crippen LogP contribution in [0.1, 0.15) is 57.3 Å². The Morgan fingerprint density at radius 2 is 1.70 bits per heavy atom. The van der Waals surface area contributed by atoms with Gasteiger partial charge in [-0.3, -0.25) is 0 Å². The standard InChI is InChI=1S/C16H27NO2S/c1-12(2)13-6-8-14(9-7-13)15(18)16(3,4)17-10-5-11-20-19/h6-9,12,15,17-19H,5,10-11H2,1-4H3. The number of rotatable bonds is 8. The second-order valence-corrected chi connectivity index (χ2v) is 6.73. The summed E-state index contributed by atoms with van der Waals surface area (Å²) < 4.78 is 8.69. The lowest BCUT2D eigenvalue weighted by Crippen LogP contribution is -2.45. The Kier molecular flexibility index (Phi) is 7.03. The van der Waals surface area contributed by atoms with Gasteiger partial charge < -0.3 is 15.0 Å². The number of aliphatic hydroxyl groups excluding tert-OH is 1. The van der Waals surface area contributed by atoms with Gasteiger partial charge in [-0.1, -0.05) is 38.1 Å². The van der Waals surface area contributed by atoms with Crippen LogP contribution in [0.4, 0.5) is 0 Å². The number of nitrogens with one attached hydrogen (secondary N) is 1.